The predicted octanol–water partition coefficient (Wildman–Crippen LogP) is 2.89. The zero-order valence-corrected chi connectivity index (χ0v) is 14.7. The number of nitro groups is 1. The number of non-ortho nitro benzene ring substituents is 1. The van der Waals surface area contributed by atoms with E-state index >= 15 is 0 Å². The second-order valence-electron chi connectivity index (χ2n) is 6.42. The van der Waals surface area contributed by atoms with Crippen LogP contribution in [0, 0.1) is 17.0 Å². The Morgan fingerprint density at radius 3 is 2.48 bits per heavy atom. The number of pyridine rings is 1. The Kier molecular flexibility index (Phi) is 3.97. The minimum Gasteiger partial charge on any atom is -0.382 e. The van der Waals surface area contributed by atoms with Crippen molar-refractivity contribution in [2.75, 3.05) is 5.73 Å². The summed E-state index contributed by atoms with van der Waals surface area (Å²) in [6, 6.07) is 12.6. The number of nitrogen functional groups attached to an aromatic ring is 1. The summed E-state index contributed by atoms with van der Waals surface area (Å²) < 4.78 is 2.01. The molecular weight excluding hydrogens is 344 g/mol. The molecule has 0 spiro atoms. The lowest BCUT2D eigenvalue weighted by molar-refractivity contribution is -0.384. The predicted molar refractivity (Wildman–Crippen MR) is 104 cm³/mol. The second-order valence-corrected chi connectivity index (χ2v) is 6.42. The molecule has 0 saturated carbocycles. The molecule has 0 aliphatic carbocycles. The van der Waals surface area contributed by atoms with E-state index in [9.17, 15) is 10.1 Å². The summed E-state index contributed by atoms with van der Waals surface area (Å²) >= 11 is 0. The van der Waals surface area contributed by atoms with Gasteiger partial charge in [-0.2, -0.15) is 0 Å². The van der Waals surface area contributed by atoms with Gasteiger partial charge in [-0.25, -0.2) is 9.97 Å². The number of nitrogens with zero attached hydrogens (tertiary/aromatic N) is 4. The second kappa shape index (κ2) is 6.33. The van der Waals surface area contributed by atoms with E-state index in [0.717, 1.165) is 22.5 Å². The molecule has 0 saturated heterocycles. The quantitative estimate of drug-likeness (QED) is 0.424. The van der Waals surface area contributed by atoms with E-state index in [2.05, 4.69) is 9.97 Å². The van der Waals surface area contributed by atoms with Crippen LogP contribution in [-0.4, -0.2) is 19.5 Å². The van der Waals surface area contributed by atoms with Crippen molar-refractivity contribution < 1.29 is 4.92 Å². The zero-order chi connectivity index (χ0) is 19.1. The van der Waals surface area contributed by atoms with Crippen LogP contribution in [0.1, 0.15) is 17.0 Å². The number of fused-ring (bicyclic) bond motifs is 3. The maximum Gasteiger partial charge on any atom is 0.270 e. The molecule has 0 aliphatic rings. The highest BCUT2D eigenvalue weighted by Gasteiger charge is 2.18. The Bertz CT molecular complexity index is 1180. The van der Waals surface area contributed by atoms with Crippen LogP contribution in [0.4, 0.5) is 11.5 Å². The van der Waals surface area contributed by atoms with Gasteiger partial charge in [0.05, 0.1) is 16.0 Å². The number of anilines is 1. The largest absolute Gasteiger partial charge is 0.382 e. The lowest BCUT2D eigenvalue weighted by Gasteiger charge is -2.10. The number of aryl methyl sites for hydroxylation is 1. The van der Waals surface area contributed by atoms with E-state index in [4.69, 9.17) is 11.5 Å². The highest BCUT2D eigenvalue weighted by atomic mass is 16.6. The summed E-state index contributed by atoms with van der Waals surface area (Å²) in [6.45, 7) is 2.94. The molecule has 8 heteroatoms. The van der Waals surface area contributed by atoms with Crippen molar-refractivity contribution in [1.82, 2.24) is 14.5 Å². The van der Waals surface area contributed by atoms with E-state index in [1.807, 2.05) is 35.8 Å². The van der Waals surface area contributed by atoms with E-state index in [1.165, 1.54) is 12.1 Å². The molecule has 0 radical (unpaired) electrons. The highest BCUT2D eigenvalue weighted by molar-refractivity contribution is 6.07. The molecule has 27 heavy (non-hydrogen) atoms. The fraction of sp³-hybridized carbons (Fsp3) is 0.158. The number of imidazole rings is 1. The standard InChI is InChI=1S/C19H18N6O2/c1-11-22-17-18(24(11)10-13-4-2-12(9-20)3-5-13)15-8-14(25(26)27)6-7-16(15)23-19(17)21/h2-8H,9-10,20H2,1H3,(H2,21,23). The third-order valence-electron chi connectivity index (χ3n) is 4.69. The molecule has 4 rings (SSSR count). The first-order valence-corrected chi connectivity index (χ1v) is 8.46. The van der Waals surface area contributed by atoms with Gasteiger partial charge in [-0.05, 0) is 24.1 Å². The van der Waals surface area contributed by atoms with Crippen LogP contribution in [0.25, 0.3) is 21.9 Å². The average molecular weight is 362 g/mol. The van der Waals surface area contributed by atoms with E-state index in [-0.39, 0.29) is 5.69 Å². The van der Waals surface area contributed by atoms with Crippen molar-refractivity contribution >= 4 is 33.4 Å². The number of rotatable bonds is 4. The molecule has 0 amide bonds. The fourth-order valence-corrected chi connectivity index (χ4v) is 3.28. The van der Waals surface area contributed by atoms with Crippen LogP contribution in [-0.2, 0) is 13.1 Å². The molecule has 2 heterocycles. The van der Waals surface area contributed by atoms with E-state index in [0.29, 0.717) is 35.3 Å². The fourth-order valence-electron chi connectivity index (χ4n) is 3.28. The van der Waals surface area contributed by atoms with Crippen LogP contribution in [0.2, 0.25) is 0 Å². The molecular formula is C19H18N6O2. The van der Waals surface area contributed by atoms with Gasteiger partial charge in [0.25, 0.3) is 5.69 Å². The highest BCUT2D eigenvalue weighted by Crippen LogP contribution is 2.31. The molecule has 4 aromatic rings. The Labute approximate surface area is 154 Å². The number of nitrogens with two attached hydrogens (primary N) is 2. The smallest absolute Gasteiger partial charge is 0.270 e. The molecule has 0 unspecified atom stereocenters. The van der Waals surface area contributed by atoms with Crippen LogP contribution < -0.4 is 11.5 Å². The zero-order valence-electron chi connectivity index (χ0n) is 14.7. The summed E-state index contributed by atoms with van der Waals surface area (Å²) in [5, 5.41) is 11.9. The number of benzene rings is 2. The first-order chi connectivity index (χ1) is 13.0. The molecule has 2 aromatic heterocycles. The number of nitro benzene ring substituents is 1. The lowest BCUT2D eigenvalue weighted by Crippen LogP contribution is -2.04. The summed E-state index contributed by atoms with van der Waals surface area (Å²) in [5.74, 6) is 1.08. The summed E-state index contributed by atoms with van der Waals surface area (Å²) in [7, 11) is 0. The third-order valence-corrected chi connectivity index (χ3v) is 4.69. The van der Waals surface area contributed by atoms with Gasteiger partial charge in [0.15, 0.2) is 5.82 Å². The summed E-state index contributed by atoms with van der Waals surface area (Å²) in [5.41, 5.74) is 15.8. The SMILES string of the molecule is Cc1nc2c(N)nc3ccc([N+](=O)[O-])cc3c2n1Cc1ccc(CN)cc1. The van der Waals surface area contributed by atoms with Gasteiger partial charge in [0.1, 0.15) is 11.3 Å². The Balaban J connectivity index is 1.95. The van der Waals surface area contributed by atoms with Crippen LogP contribution in [0.5, 0.6) is 0 Å². The van der Waals surface area contributed by atoms with Crippen LogP contribution in [0.3, 0.4) is 0 Å². The lowest BCUT2D eigenvalue weighted by atomic mass is 10.1. The Morgan fingerprint density at radius 1 is 1.11 bits per heavy atom. The van der Waals surface area contributed by atoms with Gasteiger partial charge >= 0.3 is 0 Å². The van der Waals surface area contributed by atoms with Gasteiger partial charge in [-0.3, -0.25) is 10.1 Å². The molecule has 0 fully saturated rings. The molecule has 8 nitrogen and oxygen atoms in total. The monoisotopic (exact) mass is 362 g/mol. The van der Waals surface area contributed by atoms with Crippen molar-refractivity contribution in [3.63, 3.8) is 0 Å². The maximum atomic E-state index is 11.2. The molecule has 0 aliphatic heterocycles. The number of aromatic nitrogens is 3. The molecule has 0 atom stereocenters. The minimum atomic E-state index is -0.416. The van der Waals surface area contributed by atoms with Crippen molar-refractivity contribution in [2.24, 2.45) is 5.73 Å². The van der Waals surface area contributed by atoms with Gasteiger partial charge in [-0.15, -0.1) is 0 Å². The Hall–Kier alpha value is -3.52. The van der Waals surface area contributed by atoms with Gasteiger partial charge < -0.3 is 16.0 Å². The number of hydrogen-bond donors (Lipinski definition) is 2. The Morgan fingerprint density at radius 2 is 1.81 bits per heavy atom. The van der Waals surface area contributed by atoms with Crippen molar-refractivity contribution in [3.05, 3.63) is 69.5 Å². The normalized spacial score (nSPS) is 11.3. The first kappa shape index (κ1) is 16.9. The van der Waals surface area contributed by atoms with Crippen LogP contribution in [0.15, 0.2) is 42.5 Å². The van der Waals surface area contributed by atoms with E-state index < -0.39 is 4.92 Å². The van der Waals surface area contributed by atoms with Crippen molar-refractivity contribution in [1.29, 1.82) is 0 Å². The number of hydrogen-bond acceptors (Lipinski definition) is 6. The van der Waals surface area contributed by atoms with Crippen LogP contribution >= 0.6 is 0 Å². The minimum absolute atomic E-state index is 0.00748. The summed E-state index contributed by atoms with van der Waals surface area (Å²) in [4.78, 5) is 19.7. The first-order valence-electron chi connectivity index (χ1n) is 8.46. The topological polar surface area (TPSA) is 126 Å². The summed E-state index contributed by atoms with van der Waals surface area (Å²) in [6.07, 6.45) is 0. The maximum absolute atomic E-state index is 11.2. The van der Waals surface area contributed by atoms with Crippen molar-refractivity contribution in [3.8, 4) is 0 Å². The van der Waals surface area contributed by atoms with E-state index in [1.54, 1.807) is 6.07 Å². The van der Waals surface area contributed by atoms with Gasteiger partial charge in [0, 0.05) is 30.6 Å². The van der Waals surface area contributed by atoms with Crippen molar-refractivity contribution in [2.45, 2.75) is 20.0 Å². The molecule has 0 bridgehead atoms. The van der Waals surface area contributed by atoms with Gasteiger partial charge in [0.2, 0.25) is 0 Å². The third kappa shape index (κ3) is 2.85. The average Bonchev–Trinajstić information content (AvgIpc) is 2.99. The molecule has 136 valence electrons. The van der Waals surface area contributed by atoms with Gasteiger partial charge in [-0.1, -0.05) is 24.3 Å². The molecule has 4 N–H and O–H groups in total. The molecule has 2 aromatic carbocycles.